The Hall–Kier alpha value is -0.0800. The third-order valence-corrected chi connectivity index (χ3v) is 4.21. The van der Waals surface area contributed by atoms with Crippen LogP contribution in [0.4, 0.5) is 0 Å². The van der Waals surface area contributed by atoms with Crippen molar-refractivity contribution in [3.05, 3.63) is 0 Å². The van der Waals surface area contributed by atoms with E-state index in [1.165, 1.54) is 64.3 Å². The van der Waals surface area contributed by atoms with Gasteiger partial charge in [-0.15, -0.1) is 0 Å². The molecule has 1 saturated carbocycles. The number of ether oxygens (including phenoxy) is 1. The summed E-state index contributed by atoms with van der Waals surface area (Å²) < 4.78 is 5.09. The number of unbranched alkanes of at least 4 members (excludes halogenated alkanes) is 3. The Labute approximate surface area is 108 Å². The highest BCUT2D eigenvalue weighted by Gasteiger charge is 2.32. The van der Waals surface area contributed by atoms with Crippen LogP contribution in [0.3, 0.4) is 0 Å². The minimum atomic E-state index is 0.626. The van der Waals surface area contributed by atoms with E-state index in [0.29, 0.717) is 5.41 Å². The van der Waals surface area contributed by atoms with Gasteiger partial charge in [0.25, 0.3) is 0 Å². The van der Waals surface area contributed by atoms with E-state index in [2.05, 4.69) is 12.2 Å². The summed E-state index contributed by atoms with van der Waals surface area (Å²) in [5.74, 6) is 0. The monoisotopic (exact) mass is 241 g/mol. The Morgan fingerprint density at radius 1 is 1.12 bits per heavy atom. The van der Waals surface area contributed by atoms with Gasteiger partial charge in [0.2, 0.25) is 0 Å². The highest BCUT2D eigenvalue weighted by Crippen LogP contribution is 2.41. The number of rotatable bonds is 10. The van der Waals surface area contributed by atoms with E-state index < -0.39 is 0 Å². The van der Waals surface area contributed by atoms with Crippen LogP contribution >= 0.6 is 0 Å². The van der Waals surface area contributed by atoms with Crippen molar-refractivity contribution in [2.75, 3.05) is 26.8 Å². The topological polar surface area (TPSA) is 21.3 Å². The summed E-state index contributed by atoms with van der Waals surface area (Å²) in [6, 6.07) is 0. The van der Waals surface area contributed by atoms with Crippen molar-refractivity contribution in [3.63, 3.8) is 0 Å². The molecule has 1 N–H and O–H groups in total. The van der Waals surface area contributed by atoms with Crippen LogP contribution in [0.5, 0.6) is 0 Å². The molecule has 1 fully saturated rings. The normalized spacial score (nSPS) is 18.7. The summed E-state index contributed by atoms with van der Waals surface area (Å²) in [6.45, 7) is 5.35. The minimum Gasteiger partial charge on any atom is -0.383 e. The molecule has 0 aromatic heterocycles. The molecule has 0 radical (unpaired) electrons. The van der Waals surface area contributed by atoms with Crippen molar-refractivity contribution in [1.29, 1.82) is 0 Å². The predicted octanol–water partition coefficient (Wildman–Crippen LogP) is 3.75. The Morgan fingerprint density at radius 2 is 1.88 bits per heavy atom. The molecule has 0 aromatic carbocycles. The molecule has 0 unspecified atom stereocenters. The lowest BCUT2D eigenvalue weighted by molar-refractivity contribution is 0.186. The summed E-state index contributed by atoms with van der Waals surface area (Å²) in [5.41, 5.74) is 0.626. The Balaban J connectivity index is 2.19. The van der Waals surface area contributed by atoms with Crippen molar-refractivity contribution in [3.8, 4) is 0 Å². The van der Waals surface area contributed by atoms with Gasteiger partial charge in [-0.3, -0.25) is 0 Å². The van der Waals surface area contributed by atoms with E-state index >= 15 is 0 Å². The van der Waals surface area contributed by atoms with Crippen LogP contribution in [0.1, 0.15) is 64.7 Å². The maximum Gasteiger partial charge on any atom is 0.0587 e. The summed E-state index contributed by atoms with van der Waals surface area (Å²) in [6.07, 6.45) is 12.8. The first-order valence-corrected chi connectivity index (χ1v) is 7.53. The van der Waals surface area contributed by atoms with Crippen LogP contribution in [0.2, 0.25) is 0 Å². The molecule has 0 aliphatic heterocycles. The quantitative estimate of drug-likeness (QED) is 0.588. The zero-order chi connectivity index (χ0) is 12.4. The van der Waals surface area contributed by atoms with Gasteiger partial charge in [-0.2, -0.15) is 0 Å². The van der Waals surface area contributed by atoms with Crippen LogP contribution in [-0.2, 0) is 4.74 Å². The Kier molecular flexibility index (Phi) is 7.87. The number of nitrogens with one attached hydrogen (secondary N) is 1. The molecule has 2 nitrogen and oxygen atoms in total. The molecule has 0 saturated heterocycles. The third kappa shape index (κ3) is 5.87. The van der Waals surface area contributed by atoms with Crippen molar-refractivity contribution in [1.82, 2.24) is 5.32 Å². The van der Waals surface area contributed by atoms with Gasteiger partial charge in [0.1, 0.15) is 0 Å². The van der Waals surface area contributed by atoms with Crippen LogP contribution < -0.4 is 5.32 Å². The van der Waals surface area contributed by atoms with Gasteiger partial charge in [-0.1, -0.05) is 45.4 Å². The highest BCUT2D eigenvalue weighted by molar-refractivity contribution is 4.86. The maximum absolute atomic E-state index is 5.09. The second-order valence-corrected chi connectivity index (χ2v) is 5.69. The standard InChI is InChI=1S/C15H31NO/c1-3-4-5-6-9-15(10-7-8-11-15)14-16-12-13-17-2/h16H,3-14H2,1-2H3. The lowest BCUT2D eigenvalue weighted by Gasteiger charge is -2.29. The van der Waals surface area contributed by atoms with E-state index in [1.807, 2.05) is 0 Å². The molecule has 1 rings (SSSR count). The number of hydrogen-bond donors (Lipinski definition) is 1. The molecule has 0 bridgehead atoms. The van der Waals surface area contributed by atoms with Gasteiger partial charge < -0.3 is 10.1 Å². The molecule has 0 atom stereocenters. The van der Waals surface area contributed by atoms with Gasteiger partial charge in [-0.05, 0) is 24.7 Å². The van der Waals surface area contributed by atoms with E-state index in [1.54, 1.807) is 7.11 Å². The van der Waals surface area contributed by atoms with E-state index in [4.69, 9.17) is 4.74 Å². The average molecular weight is 241 g/mol. The van der Waals surface area contributed by atoms with E-state index in [0.717, 1.165) is 13.2 Å². The zero-order valence-corrected chi connectivity index (χ0v) is 11.9. The summed E-state index contributed by atoms with van der Waals surface area (Å²) in [5, 5.41) is 3.58. The fourth-order valence-corrected chi connectivity index (χ4v) is 3.09. The fourth-order valence-electron chi connectivity index (χ4n) is 3.09. The van der Waals surface area contributed by atoms with Gasteiger partial charge in [0.15, 0.2) is 0 Å². The van der Waals surface area contributed by atoms with Crippen molar-refractivity contribution in [2.45, 2.75) is 64.7 Å². The molecular formula is C15H31NO. The van der Waals surface area contributed by atoms with Gasteiger partial charge in [0, 0.05) is 20.2 Å². The minimum absolute atomic E-state index is 0.626. The van der Waals surface area contributed by atoms with E-state index in [-0.39, 0.29) is 0 Å². The molecule has 0 heterocycles. The maximum atomic E-state index is 5.09. The first-order chi connectivity index (χ1) is 8.33. The average Bonchev–Trinajstić information content (AvgIpc) is 2.80. The molecular weight excluding hydrogens is 210 g/mol. The SMILES string of the molecule is CCCCCCC1(CNCCOC)CCCC1. The smallest absolute Gasteiger partial charge is 0.0587 e. The lowest BCUT2D eigenvalue weighted by Crippen LogP contribution is -2.33. The zero-order valence-electron chi connectivity index (χ0n) is 11.9. The van der Waals surface area contributed by atoms with Crippen molar-refractivity contribution < 1.29 is 4.74 Å². The third-order valence-electron chi connectivity index (χ3n) is 4.21. The highest BCUT2D eigenvalue weighted by atomic mass is 16.5. The van der Waals surface area contributed by atoms with Crippen molar-refractivity contribution in [2.24, 2.45) is 5.41 Å². The lowest BCUT2D eigenvalue weighted by atomic mass is 9.80. The molecule has 0 spiro atoms. The molecule has 17 heavy (non-hydrogen) atoms. The van der Waals surface area contributed by atoms with Crippen LogP contribution in [0, 0.1) is 5.41 Å². The molecule has 0 aromatic rings. The first-order valence-electron chi connectivity index (χ1n) is 7.53. The molecule has 1 aliphatic rings. The number of methoxy groups -OCH3 is 1. The Morgan fingerprint density at radius 3 is 2.53 bits per heavy atom. The molecule has 102 valence electrons. The van der Waals surface area contributed by atoms with Gasteiger partial charge in [0.05, 0.1) is 6.61 Å². The van der Waals surface area contributed by atoms with Crippen molar-refractivity contribution >= 4 is 0 Å². The van der Waals surface area contributed by atoms with Gasteiger partial charge >= 0.3 is 0 Å². The Bertz CT molecular complexity index is 162. The molecule has 1 aliphatic carbocycles. The summed E-state index contributed by atoms with van der Waals surface area (Å²) in [7, 11) is 1.78. The largest absolute Gasteiger partial charge is 0.383 e. The second kappa shape index (κ2) is 8.93. The number of hydrogen-bond acceptors (Lipinski definition) is 2. The van der Waals surface area contributed by atoms with Crippen LogP contribution in [0.25, 0.3) is 0 Å². The molecule has 2 heteroatoms. The first kappa shape index (κ1) is 15.0. The van der Waals surface area contributed by atoms with E-state index in [9.17, 15) is 0 Å². The molecule has 0 amide bonds. The van der Waals surface area contributed by atoms with Crippen LogP contribution in [0.15, 0.2) is 0 Å². The summed E-state index contributed by atoms with van der Waals surface area (Å²) in [4.78, 5) is 0. The summed E-state index contributed by atoms with van der Waals surface area (Å²) >= 11 is 0. The predicted molar refractivity (Wildman–Crippen MR) is 74.4 cm³/mol. The fraction of sp³-hybridized carbons (Fsp3) is 1.00. The van der Waals surface area contributed by atoms with Crippen LogP contribution in [-0.4, -0.2) is 26.8 Å². The second-order valence-electron chi connectivity index (χ2n) is 5.69. The van der Waals surface area contributed by atoms with Gasteiger partial charge in [-0.25, -0.2) is 0 Å².